The van der Waals surface area contributed by atoms with Crippen LogP contribution in [0, 0.1) is 13.8 Å². The Labute approximate surface area is 142 Å². The van der Waals surface area contributed by atoms with E-state index < -0.39 is 0 Å². The number of rotatable bonds is 4. The fourth-order valence-electron chi connectivity index (χ4n) is 1.89. The zero-order chi connectivity index (χ0) is 14.7. The maximum absolute atomic E-state index is 2.34. The van der Waals surface area contributed by atoms with Gasteiger partial charge in [0, 0.05) is 0 Å². The Hall–Kier alpha value is -0.821. The van der Waals surface area contributed by atoms with Crippen LogP contribution in [-0.2, 0) is 0 Å². The third-order valence-electron chi connectivity index (χ3n) is 3.09. The van der Waals surface area contributed by atoms with Gasteiger partial charge in [-0.05, 0) is 0 Å². The quantitative estimate of drug-likeness (QED) is 0.562. The van der Waals surface area contributed by atoms with E-state index in [0.717, 1.165) is 0 Å². The van der Waals surface area contributed by atoms with Gasteiger partial charge in [-0.2, -0.15) is 0 Å². The molecule has 1 heterocycles. The Bertz CT molecular complexity index is 650. The molecule has 0 radical (unpaired) electrons. The Morgan fingerprint density at radius 3 is 1.38 bits per heavy atom. The molecule has 0 spiro atoms. The Balaban J connectivity index is 1.77. The average molecular weight is 422 g/mol. The second-order valence-corrected chi connectivity index (χ2v) is 10.4. The molecular formula is C18H16SSe2. The van der Waals surface area contributed by atoms with Crippen molar-refractivity contribution in [2.75, 3.05) is 0 Å². The van der Waals surface area contributed by atoms with Crippen molar-refractivity contribution in [3.05, 3.63) is 70.4 Å². The first-order valence-corrected chi connectivity index (χ1v) is 11.1. The van der Waals surface area contributed by atoms with Gasteiger partial charge in [0.2, 0.25) is 0 Å². The van der Waals surface area contributed by atoms with Crippen LogP contribution in [0.4, 0.5) is 0 Å². The SMILES string of the molecule is Cc1ccc([Se]c2cscc2[Se]c2ccc(C)cc2)cc1. The van der Waals surface area contributed by atoms with Crippen LogP contribution in [0.2, 0.25) is 0 Å². The van der Waals surface area contributed by atoms with E-state index in [1.54, 1.807) is 8.92 Å². The molecular weight excluding hydrogens is 406 g/mol. The summed E-state index contributed by atoms with van der Waals surface area (Å²) in [7, 11) is 0. The van der Waals surface area contributed by atoms with Crippen LogP contribution in [0.25, 0.3) is 0 Å². The molecule has 0 fully saturated rings. The van der Waals surface area contributed by atoms with Gasteiger partial charge in [-0.15, -0.1) is 0 Å². The first-order chi connectivity index (χ1) is 10.2. The minimum absolute atomic E-state index is 0.426. The van der Waals surface area contributed by atoms with Crippen molar-refractivity contribution in [1.29, 1.82) is 0 Å². The monoisotopic (exact) mass is 424 g/mol. The molecule has 0 saturated carbocycles. The molecule has 0 aliphatic rings. The van der Waals surface area contributed by atoms with Gasteiger partial charge in [0.05, 0.1) is 0 Å². The van der Waals surface area contributed by atoms with Gasteiger partial charge >= 0.3 is 143 Å². The van der Waals surface area contributed by atoms with E-state index in [1.165, 1.54) is 20.1 Å². The first kappa shape index (κ1) is 15.1. The number of benzene rings is 2. The van der Waals surface area contributed by atoms with Gasteiger partial charge in [-0.1, -0.05) is 0 Å². The molecule has 3 heteroatoms. The zero-order valence-corrected chi connectivity index (χ0v) is 16.2. The van der Waals surface area contributed by atoms with E-state index >= 15 is 0 Å². The second-order valence-electron chi connectivity index (χ2n) is 4.93. The van der Waals surface area contributed by atoms with Crippen LogP contribution >= 0.6 is 11.3 Å². The molecule has 3 rings (SSSR count). The van der Waals surface area contributed by atoms with Crippen molar-refractivity contribution in [2.45, 2.75) is 13.8 Å². The molecule has 0 atom stereocenters. The number of hydrogen-bond donors (Lipinski definition) is 0. The molecule has 106 valence electrons. The van der Waals surface area contributed by atoms with E-state index in [1.807, 2.05) is 11.3 Å². The third kappa shape index (κ3) is 4.09. The molecule has 1 aromatic heterocycles. The van der Waals surface area contributed by atoms with Gasteiger partial charge in [0.1, 0.15) is 0 Å². The summed E-state index contributed by atoms with van der Waals surface area (Å²) < 4.78 is 6.04. The van der Waals surface area contributed by atoms with Crippen LogP contribution in [0.3, 0.4) is 0 Å². The molecule has 0 amide bonds. The fourth-order valence-corrected chi connectivity index (χ4v) is 7.98. The van der Waals surface area contributed by atoms with Crippen LogP contribution in [0.1, 0.15) is 11.1 Å². The zero-order valence-electron chi connectivity index (χ0n) is 12.0. The van der Waals surface area contributed by atoms with Crippen molar-refractivity contribution in [2.24, 2.45) is 0 Å². The molecule has 0 N–H and O–H groups in total. The molecule has 0 aliphatic heterocycles. The van der Waals surface area contributed by atoms with Crippen LogP contribution in [0.15, 0.2) is 59.3 Å². The number of thiophene rings is 1. The summed E-state index contributed by atoms with van der Waals surface area (Å²) in [4.78, 5) is 0. The Morgan fingerprint density at radius 2 is 1.00 bits per heavy atom. The Kier molecular flexibility index (Phi) is 5.00. The second kappa shape index (κ2) is 6.96. The summed E-state index contributed by atoms with van der Waals surface area (Å²) in [6.45, 7) is 4.29. The van der Waals surface area contributed by atoms with E-state index in [-0.39, 0.29) is 0 Å². The van der Waals surface area contributed by atoms with Crippen LogP contribution in [0.5, 0.6) is 0 Å². The predicted molar refractivity (Wildman–Crippen MR) is 96.7 cm³/mol. The van der Waals surface area contributed by atoms with Gasteiger partial charge in [-0.3, -0.25) is 0 Å². The predicted octanol–water partition coefficient (Wildman–Crippen LogP) is 1.67. The fraction of sp³-hybridized carbons (Fsp3) is 0.111. The van der Waals surface area contributed by atoms with Crippen molar-refractivity contribution >= 4 is 59.1 Å². The molecule has 2 aromatic carbocycles. The number of aryl methyl sites for hydroxylation is 2. The molecule has 3 aromatic rings. The molecule has 0 bridgehead atoms. The molecule has 21 heavy (non-hydrogen) atoms. The molecule has 0 aliphatic carbocycles. The van der Waals surface area contributed by atoms with Crippen molar-refractivity contribution in [3.63, 3.8) is 0 Å². The maximum atomic E-state index is 2.34. The third-order valence-corrected chi connectivity index (χ3v) is 9.63. The van der Waals surface area contributed by atoms with Crippen molar-refractivity contribution in [3.8, 4) is 0 Å². The van der Waals surface area contributed by atoms with Gasteiger partial charge in [-0.25, -0.2) is 0 Å². The number of hydrogen-bond acceptors (Lipinski definition) is 1. The summed E-state index contributed by atoms with van der Waals surface area (Å²) in [5.41, 5.74) is 2.67. The van der Waals surface area contributed by atoms with Gasteiger partial charge in [0.15, 0.2) is 0 Å². The molecule has 0 unspecified atom stereocenters. The van der Waals surface area contributed by atoms with Crippen molar-refractivity contribution in [1.82, 2.24) is 0 Å². The molecule has 0 saturated heterocycles. The van der Waals surface area contributed by atoms with E-state index in [0.29, 0.717) is 29.9 Å². The van der Waals surface area contributed by atoms with Gasteiger partial charge < -0.3 is 0 Å². The summed E-state index contributed by atoms with van der Waals surface area (Å²) in [5.74, 6) is 0. The standard InChI is InChI=1S/C18H16SSe2/c1-13-3-7-15(8-4-13)20-17-11-19-12-18(17)21-16-9-5-14(2)6-10-16/h3-12H,1-2H3. The van der Waals surface area contributed by atoms with Gasteiger partial charge in [0.25, 0.3) is 0 Å². The van der Waals surface area contributed by atoms with Crippen LogP contribution in [-0.4, -0.2) is 29.9 Å². The average Bonchev–Trinajstić information content (AvgIpc) is 2.91. The normalized spacial score (nSPS) is 10.8. The topological polar surface area (TPSA) is 0 Å². The minimum atomic E-state index is 0.426. The van der Waals surface area contributed by atoms with E-state index in [2.05, 4.69) is 73.1 Å². The molecule has 0 nitrogen and oxygen atoms in total. The summed E-state index contributed by atoms with van der Waals surface area (Å²) in [6.07, 6.45) is 0. The summed E-state index contributed by atoms with van der Waals surface area (Å²) in [5, 5.41) is 4.68. The van der Waals surface area contributed by atoms with Crippen LogP contribution < -0.4 is 17.8 Å². The summed E-state index contributed by atoms with van der Waals surface area (Å²) >= 11 is 2.69. The Morgan fingerprint density at radius 1 is 0.619 bits per heavy atom. The van der Waals surface area contributed by atoms with E-state index in [9.17, 15) is 0 Å². The van der Waals surface area contributed by atoms with E-state index in [4.69, 9.17) is 0 Å². The first-order valence-electron chi connectivity index (χ1n) is 6.76. The van der Waals surface area contributed by atoms with Crippen molar-refractivity contribution < 1.29 is 0 Å². The summed E-state index contributed by atoms with van der Waals surface area (Å²) in [6, 6.07) is 18.0.